The molecule has 0 radical (unpaired) electrons. The molecule has 0 aromatic heterocycles. The van der Waals surface area contributed by atoms with Crippen molar-refractivity contribution in [1.29, 1.82) is 0 Å². The van der Waals surface area contributed by atoms with Crippen LogP contribution in [-0.4, -0.2) is 76.7 Å². The summed E-state index contributed by atoms with van der Waals surface area (Å²) in [5, 5.41) is 0. The fraction of sp³-hybridized carbons (Fsp3) is 0.533. The van der Waals surface area contributed by atoms with Gasteiger partial charge in [0.15, 0.2) is 26.4 Å². The van der Waals surface area contributed by atoms with Crippen molar-refractivity contribution in [2.75, 3.05) is 52.9 Å². The first kappa shape index (κ1) is 56.9. The number of ether oxygens (including phenoxy) is 8. The third kappa shape index (κ3) is 15.0. The van der Waals surface area contributed by atoms with Gasteiger partial charge >= 0.3 is 23.9 Å². The first-order valence-corrected chi connectivity index (χ1v) is 25.4. The smallest absolute Gasteiger partial charge is 0.344 e. The Balaban J connectivity index is 2.04. The van der Waals surface area contributed by atoms with Crippen LogP contribution in [-0.2, 0) is 85.5 Å². The van der Waals surface area contributed by atoms with Crippen molar-refractivity contribution in [2.24, 2.45) is 0 Å². The standard InChI is InChI=1S/C60H80O12/c1-17-65-49(61)33-69-53-37-21-39-27-46(58(8,9)10)29-41(54(39)70-34-50(62)66-18-2)23-43-31-48(60(14,15)16)32-44(56(43)72-36-52(64)68-20-4)24-42-30-47(59(11,12)13)28-40(55(42)71-35-51(63)67-19-3)22-38(53)26-45(25-37)57(5,6)7/h25-32H,17-24,33-36H2,1-16H3. The summed E-state index contributed by atoms with van der Waals surface area (Å²) in [4.78, 5) is 52.8. The molecule has 0 saturated heterocycles. The summed E-state index contributed by atoms with van der Waals surface area (Å²) in [5.41, 5.74) is 8.95. The van der Waals surface area contributed by atoms with E-state index >= 15 is 0 Å². The lowest BCUT2D eigenvalue weighted by Crippen LogP contribution is -2.21. The highest BCUT2D eigenvalue weighted by atomic mass is 16.6. The van der Waals surface area contributed by atoms with E-state index < -0.39 is 23.9 Å². The molecule has 0 fully saturated rings. The SMILES string of the molecule is CCOC(=O)COc1c2cc(C(C)(C)C)cc1Cc1cc(C(C)(C)C)cc(c1OCC(=O)OCC)Cc1cc(C(C)(C)C)cc(c1OCC(=O)OCC)Cc1cc(C(C)(C)C)cc(c1OCC(=O)OCC)C2. The van der Waals surface area contributed by atoms with Gasteiger partial charge in [0.2, 0.25) is 0 Å². The Hall–Kier alpha value is -6.04. The largest absolute Gasteiger partial charge is 0.481 e. The zero-order valence-corrected chi connectivity index (χ0v) is 46.0. The van der Waals surface area contributed by atoms with Crippen LogP contribution in [0.3, 0.4) is 0 Å². The maximum absolute atomic E-state index is 13.2. The predicted octanol–water partition coefficient (Wildman–Crippen LogP) is 11.3. The Morgan fingerprint density at radius 2 is 0.472 bits per heavy atom. The normalized spacial score (nSPS) is 12.9. The summed E-state index contributed by atoms with van der Waals surface area (Å²) in [7, 11) is 0. The van der Waals surface area contributed by atoms with E-state index in [1.54, 1.807) is 27.7 Å². The molecule has 0 atom stereocenters. The molecule has 0 saturated carbocycles. The molecule has 12 nitrogen and oxygen atoms in total. The second kappa shape index (κ2) is 23.7. The Kier molecular flexibility index (Phi) is 18.7. The van der Waals surface area contributed by atoms with Crippen LogP contribution in [0.1, 0.15) is 178 Å². The molecule has 72 heavy (non-hydrogen) atoms. The molecule has 8 bridgehead atoms. The molecular weight excluding hydrogens is 913 g/mol. The number of esters is 4. The van der Waals surface area contributed by atoms with E-state index in [0.717, 1.165) is 66.8 Å². The molecule has 1 aliphatic carbocycles. The van der Waals surface area contributed by atoms with Crippen molar-refractivity contribution in [3.05, 3.63) is 115 Å². The highest BCUT2D eigenvalue weighted by molar-refractivity contribution is 5.73. The number of benzene rings is 4. The first-order chi connectivity index (χ1) is 33.7. The monoisotopic (exact) mass is 993 g/mol. The van der Waals surface area contributed by atoms with Gasteiger partial charge in [-0.05, 0) is 116 Å². The second-order valence-electron chi connectivity index (χ2n) is 22.6. The molecule has 0 heterocycles. The Bertz CT molecular complexity index is 2140. The molecule has 5 rings (SSSR count). The third-order valence-electron chi connectivity index (χ3n) is 12.5. The van der Waals surface area contributed by atoms with Crippen LogP contribution >= 0.6 is 0 Å². The zero-order valence-electron chi connectivity index (χ0n) is 46.0. The Morgan fingerprint density at radius 3 is 0.597 bits per heavy atom. The topological polar surface area (TPSA) is 142 Å². The summed E-state index contributed by atoms with van der Waals surface area (Å²) >= 11 is 0. The molecule has 0 unspecified atom stereocenters. The van der Waals surface area contributed by atoms with Crippen LogP contribution in [0.4, 0.5) is 0 Å². The highest BCUT2D eigenvalue weighted by Gasteiger charge is 2.30. The van der Waals surface area contributed by atoms with Gasteiger partial charge in [-0.15, -0.1) is 0 Å². The number of carbonyl (C=O) groups excluding carboxylic acids is 4. The fourth-order valence-corrected chi connectivity index (χ4v) is 8.70. The Morgan fingerprint density at radius 1 is 0.319 bits per heavy atom. The van der Waals surface area contributed by atoms with Crippen LogP contribution in [0.2, 0.25) is 0 Å². The van der Waals surface area contributed by atoms with Gasteiger partial charge in [-0.3, -0.25) is 0 Å². The van der Waals surface area contributed by atoms with Crippen LogP contribution in [0.5, 0.6) is 23.0 Å². The lowest BCUT2D eigenvalue weighted by atomic mass is 9.79. The Labute approximate surface area is 428 Å². The minimum absolute atomic E-state index is 0.187. The molecule has 0 N–H and O–H groups in total. The van der Waals surface area contributed by atoms with Crippen LogP contribution < -0.4 is 18.9 Å². The van der Waals surface area contributed by atoms with Gasteiger partial charge in [-0.1, -0.05) is 132 Å². The van der Waals surface area contributed by atoms with E-state index in [0.29, 0.717) is 23.0 Å². The number of carbonyl (C=O) groups is 4. The lowest BCUT2D eigenvalue weighted by molar-refractivity contribution is -0.146. The van der Waals surface area contributed by atoms with Gasteiger partial charge in [0, 0.05) is 25.7 Å². The van der Waals surface area contributed by atoms with Gasteiger partial charge in [-0.25, -0.2) is 19.2 Å². The molecule has 12 heteroatoms. The number of fused-ring (bicyclic) bond motifs is 8. The zero-order chi connectivity index (χ0) is 53.3. The average Bonchev–Trinajstić information content (AvgIpc) is 3.26. The van der Waals surface area contributed by atoms with Crippen LogP contribution in [0, 0.1) is 0 Å². The van der Waals surface area contributed by atoms with Crippen LogP contribution in [0.15, 0.2) is 48.5 Å². The molecule has 392 valence electrons. The predicted molar refractivity (Wildman–Crippen MR) is 280 cm³/mol. The molecule has 0 amide bonds. The summed E-state index contributed by atoms with van der Waals surface area (Å²) in [5.74, 6) is -0.0738. The van der Waals surface area contributed by atoms with Crippen molar-refractivity contribution >= 4 is 23.9 Å². The summed E-state index contributed by atoms with van der Waals surface area (Å²) in [6.45, 7) is 32.2. The van der Waals surface area contributed by atoms with E-state index in [1.807, 2.05) is 0 Å². The third-order valence-corrected chi connectivity index (χ3v) is 12.5. The summed E-state index contributed by atoms with van der Waals surface area (Å²) in [6.07, 6.45) is 1.07. The number of hydrogen-bond donors (Lipinski definition) is 0. The maximum atomic E-state index is 13.2. The molecule has 4 aromatic rings. The number of hydrogen-bond acceptors (Lipinski definition) is 12. The van der Waals surface area contributed by atoms with E-state index in [9.17, 15) is 19.2 Å². The highest BCUT2D eigenvalue weighted by Crippen LogP contribution is 2.44. The van der Waals surface area contributed by atoms with E-state index in [1.165, 1.54) is 0 Å². The minimum Gasteiger partial charge on any atom is -0.481 e. The van der Waals surface area contributed by atoms with Gasteiger partial charge in [-0.2, -0.15) is 0 Å². The van der Waals surface area contributed by atoms with Crippen molar-refractivity contribution < 1.29 is 57.1 Å². The van der Waals surface area contributed by atoms with Gasteiger partial charge < -0.3 is 37.9 Å². The van der Waals surface area contributed by atoms with Crippen molar-refractivity contribution in [3.63, 3.8) is 0 Å². The van der Waals surface area contributed by atoms with E-state index in [2.05, 4.69) is 132 Å². The first-order valence-electron chi connectivity index (χ1n) is 25.4. The van der Waals surface area contributed by atoms with Gasteiger partial charge in [0.05, 0.1) is 26.4 Å². The second-order valence-corrected chi connectivity index (χ2v) is 22.6. The molecule has 0 spiro atoms. The fourth-order valence-electron chi connectivity index (χ4n) is 8.70. The summed E-state index contributed by atoms with van der Waals surface area (Å²) < 4.78 is 48.3. The van der Waals surface area contributed by atoms with Gasteiger partial charge in [0.25, 0.3) is 0 Å². The van der Waals surface area contributed by atoms with Crippen molar-refractivity contribution in [1.82, 2.24) is 0 Å². The average molecular weight is 993 g/mol. The quantitative estimate of drug-likeness (QED) is 0.0686. The molecule has 0 aliphatic heterocycles. The van der Waals surface area contributed by atoms with Gasteiger partial charge in [0.1, 0.15) is 23.0 Å². The maximum Gasteiger partial charge on any atom is 0.344 e. The lowest BCUT2D eigenvalue weighted by Gasteiger charge is -2.29. The minimum atomic E-state index is -0.515. The molecular formula is C60H80O12. The van der Waals surface area contributed by atoms with E-state index in [-0.39, 0.29) is 100 Å². The summed E-state index contributed by atoms with van der Waals surface area (Å²) in [6, 6.07) is 17.0. The molecule has 4 aromatic carbocycles. The molecule has 1 aliphatic rings. The van der Waals surface area contributed by atoms with E-state index in [4.69, 9.17) is 37.9 Å². The van der Waals surface area contributed by atoms with Crippen LogP contribution in [0.25, 0.3) is 0 Å². The van der Waals surface area contributed by atoms with Crippen molar-refractivity contribution in [3.8, 4) is 23.0 Å². The number of rotatable bonds is 16. The van der Waals surface area contributed by atoms with Crippen molar-refractivity contribution in [2.45, 2.75) is 158 Å².